The van der Waals surface area contributed by atoms with Gasteiger partial charge in [-0.3, -0.25) is 14.3 Å². The van der Waals surface area contributed by atoms with Crippen molar-refractivity contribution in [3.63, 3.8) is 0 Å². The van der Waals surface area contributed by atoms with E-state index in [4.69, 9.17) is 16.6 Å². The molecule has 4 aromatic rings. The lowest BCUT2D eigenvalue weighted by Crippen LogP contribution is -2.47. The number of aryl methyl sites for hydroxylation is 1. The van der Waals surface area contributed by atoms with Crippen LogP contribution in [0.15, 0.2) is 72.8 Å². The summed E-state index contributed by atoms with van der Waals surface area (Å²) in [7, 11) is 0. The number of anilines is 1. The van der Waals surface area contributed by atoms with Gasteiger partial charge in [0.05, 0.1) is 11.4 Å². The molecule has 1 aromatic heterocycles. The van der Waals surface area contributed by atoms with Crippen molar-refractivity contribution in [2.75, 3.05) is 44.2 Å². The van der Waals surface area contributed by atoms with Crippen molar-refractivity contribution in [1.29, 1.82) is 0 Å². The molecule has 1 aliphatic rings. The predicted octanol–water partition coefficient (Wildman–Crippen LogP) is 6.90. The Morgan fingerprint density at radius 1 is 0.854 bits per heavy atom. The highest BCUT2D eigenvalue weighted by Gasteiger charge is 2.23. The van der Waals surface area contributed by atoms with Gasteiger partial charge in [0.25, 0.3) is 5.91 Å². The second-order valence-electron chi connectivity index (χ2n) is 10.2. The summed E-state index contributed by atoms with van der Waals surface area (Å²) >= 11 is 6.33. The lowest BCUT2D eigenvalue weighted by molar-refractivity contribution is 0.0946. The largest absolute Gasteiger partial charge is 0.369 e. The Morgan fingerprint density at radius 3 is 2.22 bits per heavy atom. The number of hydrogen-bond acceptors (Lipinski definition) is 4. The molecule has 0 unspecified atom stereocenters. The number of rotatable bonds is 8. The van der Waals surface area contributed by atoms with Crippen LogP contribution in [-0.2, 0) is 0 Å². The molecule has 0 saturated carbocycles. The van der Waals surface area contributed by atoms with Gasteiger partial charge in [0, 0.05) is 49.0 Å². The fourth-order valence-electron chi connectivity index (χ4n) is 5.35. The zero-order chi connectivity index (χ0) is 27.4. The highest BCUT2D eigenvalue weighted by Crippen LogP contribution is 2.29. The molecule has 5 rings (SSSR count). The molecule has 0 aliphatic carbocycles. The molecule has 1 fully saturated rings. The van der Waals surface area contributed by atoms with Gasteiger partial charge in [-0.2, -0.15) is 0 Å². The number of nitrogens with one attached hydrogen (secondary N) is 1. The topological polar surface area (TPSA) is 53.4 Å². The monoisotopic (exact) mass is 613 g/mol. The van der Waals surface area contributed by atoms with Crippen molar-refractivity contribution in [2.45, 2.75) is 27.2 Å². The quantitative estimate of drug-likeness (QED) is 0.219. The second-order valence-corrected chi connectivity index (χ2v) is 10.6. The number of para-hydroxylation sites is 1. The van der Waals surface area contributed by atoms with Crippen molar-refractivity contribution in [3.05, 3.63) is 100 Å². The maximum atomic E-state index is 13.3. The lowest BCUT2D eigenvalue weighted by atomic mass is 10.1. The van der Waals surface area contributed by atoms with E-state index in [1.165, 1.54) is 5.69 Å². The first-order chi connectivity index (χ1) is 18.9. The minimum atomic E-state index is -0.127. The molecule has 41 heavy (non-hydrogen) atoms. The molecular formula is C32H38Cl3N5O. The summed E-state index contributed by atoms with van der Waals surface area (Å²) in [6, 6.07) is 24.4. The number of imidazole rings is 1. The molecule has 1 saturated heterocycles. The Morgan fingerprint density at radius 2 is 1.51 bits per heavy atom. The molecule has 1 N–H and O–H groups in total. The maximum absolute atomic E-state index is 13.3. The number of amides is 1. The first-order valence-electron chi connectivity index (χ1n) is 13.7. The summed E-state index contributed by atoms with van der Waals surface area (Å²) in [6.45, 7) is 11.7. The molecule has 0 spiro atoms. The van der Waals surface area contributed by atoms with E-state index in [0.29, 0.717) is 12.2 Å². The van der Waals surface area contributed by atoms with Crippen LogP contribution in [0.4, 0.5) is 5.69 Å². The van der Waals surface area contributed by atoms with E-state index in [0.717, 1.165) is 78.1 Å². The zero-order valence-electron chi connectivity index (χ0n) is 23.8. The van der Waals surface area contributed by atoms with Crippen molar-refractivity contribution in [1.82, 2.24) is 19.8 Å². The van der Waals surface area contributed by atoms with E-state index in [-0.39, 0.29) is 30.7 Å². The fraction of sp³-hybridized carbons (Fsp3) is 0.312. The lowest BCUT2D eigenvalue weighted by Gasteiger charge is -2.37. The SMILES string of the molecule is Cc1ccccc1-n1c(-c2ccccc2)nc(C(=O)NCCCN2CCN(c3cccc(Cl)c3C)CC2)c1C.Cl.Cl. The first-order valence-corrected chi connectivity index (χ1v) is 14.0. The van der Waals surface area contributed by atoms with Crippen LogP contribution in [0.2, 0.25) is 5.02 Å². The third-order valence-electron chi connectivity index (χ3n) is 7.60. The standard InChI is InChI=1S/C32H36ClN5O.2ClH/c1-23-11-7-8-15-28(23)38-25(3)30(35-31(38)26-12-5-4-6-13-26)32(39)34-17-10-18-36-19-21-37(22-20-36)29-16-9-14-27(33)24(29)2;;/h4-9,11-16H,10,17-22H2,1-3H3,(H,34,39);2*1H. The summed E-state index contributed by atoms with van der Waals surface area (Å²) in [5.74, 6) is 0.652. The summed E-state index contributed by atoms with van der Waals surface area (Å²) in [4.78, 5) is 23.0. The second kappa shape index (κ2) is 14.7. The van der Waals surface area contributed by atoms with Gasteiger partial charge in [0.2, 0.25) is 0 Å². The number of piperazine rings is 1. The van der Waals surface area contributed by atoms with Crippen molar-refractivity contribution < 1.29 is 4.79 Å². The highest BCUT2D eigenvalue weighted by molar-refractivity contribution is 6.31. The Balaban J connectivity index is 0.00000231. The number of hydrogen-bond donors (Lipinski definition) is 1. The predicted molar refractivity (Wildman–Crippen MR) is 175 cm³/mol. The van der Waals surface area contributed by atoms with Gasteiger partial charge < -0.3 is 10.2 Å². The van der Waals surface area contributed by atoms with Crippen LogP contribution in [-0.4, -0.2) is 59.6 Å². The van der Waals surface area contributed by atoms with Crippen LogP contribution in [0, 0.1) is 20.8 Å². The Hall–Kier alpha value is -3.03. The Kier molecular flexibility index (Phi) is 11.7. The van der Waals surface area contributed by atoms with Gasteiger partial charge in [-0.1, -0.05) is 66.2 Å². The molecule has 218 valence electrons. The van der Waals surface area contributed by atoms with E-state index in [9.17, 15) is 4.79 Å². The molecule has 3 aromatic carbocycles. The number of nitrogens with zero attached hydrogens (tertiary/aromatic N) is 4. The molecule has 0 radical (unpaired) electrons. The number of carbonyl (C=O) groups is 1. The molecule has 0 atom stereocenters. The van der Waals surface area contributed by atoms with E-state index in [1.807, 2.05) is 61.5 Å². The molecule has 1 aliphatic heterocycles. The molecule has 6 nitrogen and oxygen atoms in total. The zero-order valence-corrected chi connectivity index (χ0v) is 26.2. The van der Waals surface area contributed by atoms with Gasteiger partial charge in [-0.25, -0.2) is 4.98 Å². The first kappa shape index (κ1) is 32.5. The van der Waals surface area contributed by atoms with Crippen molar-refractivity contribution >= 4 is 48.0 Å². The normalized spacial score (nSPS) is 13.3. The third kappa shape index (κ3) is 7.25. The van der Waals surface area contributed by atoms with Crippen LogP contribution >= 0.6 is 36.4 Å². The van der Waals surface area contributed by atoms with E-state index < -0.39 is 0 Å². The Bertz CT molecular complexity index is 1450. The number of carbonyl (C=O) groups excluding carboxylic acids is 1. The van der Waals surface area contributed by atoms with Crippen LogP contribution in [0.3, 0.4) is 0 Å². The van der Waals surface area contributed by atoms with Crippen LogP contribution in [0.1, 0.15) is 33.7 Å². The molecular weight excluding hydrogens is 577 g/mol. The third-order valence-corrected chi connectivity index (χ3v) is 8.01. The van der Waals surface area contributed by atoms with Gasteiger partial charge in [-0.05, 0) is 63.1 Å². The fourth-order valence-corrected chi connectivity index (χ4v) is 5.52. The number of halogens is 3. The highest BCUT2D eigenvalue weighted by atomic mass is 35.5. The minimum Gasteiger partial charge on any atom is -0.369 e. The molecule has 0 bridgehead atoms. The summed E-state index contributed by atoms with van der Waals surface area (Å²) in [5, 5.41) is 3.94. The van der Waals surface area contributed by atoms with Crippen LogP contribution < -0.4 is 10.2 Å². The molecule has 1 amide bonds. The van der Waals surface area contributed by atoms with Gasteiger partial charge in [0.1, 0.15) is 11.5 Å². The number of benzene rings is 3. The van der Waals surface area contributed by atoms with Crippen molar-refractivity contribution in [2.24, 2.45) is 0 Å². The van der Waals surface area contributed by atoms with Crippen LogP contribution in [0.25, 0.3) is 17.1 Å². The van der Waals surface area contributed by atoms with E-state index in [1.54, 1.807) is 0 Å². The Labute approximate surface area is 260 Å². The molecule has 2 heterocycles. The van der Waals surface area contributed by atoms with Crippen LogP contribution in [0.5, 0.6) is 0 Å². The van der Waals surface area contributed by atoms with Crippen molar-refractivity contribution in [3.8, 4) is 17.1 Å². The number of aromatic nitrogens is 2. The van der Waals surface area contributed by atoms with E-state index in [2.05, 4.69) is 51.7 Å². The summed E-state index contributed by atoms with van der Waals surface area (Å²) in [6.07, 6.45) is 0.894. The minimum absolute atomic E-state index is 0. The summed E-state index contributed by atoms with van der Waals surface area (Å²) in [5.41, 5.74) is 6.83. The molecule has 9 heteroatoms. The summed E-state index contributed by atoms with van der Waals surface area (Å²) < 4.78 is 2.10. The average Bonchev–Trinajstić information content (AvgIpc) is 3.30. The van der Waals surface area contributed by atoms with E-state index >= 15 is 0 Å². The van der Waals surface area contributed by atoms with Gasteiger partial charge >= 0.3 is 0 Å². The van der Waals surface area contributed by atoms with Gasteiger partial charge in [-0.15, -0.1) is 24.8 Å². The van der Waals surface area contributed by atoms with Gasteiger partial charge in [0.15, 0.2) is 0 Å². The maximum Gasteiger partial charge on any atom is 0.271 e. The smallest absolute Gasteiger partial charge is 0.271 e. The average molecular weight is 615 g/mol.